The molecule has 3 fully saturated rings. The highest BCUT2D eigenvalue weighted by molar-refractivity contribution is 9.09. The van der Waals surface area contributed by atoms with Gasteiger partial charge in [-0.15, -0.1) is 0 Å². The first kappa shape index (κ1) is 6.05. The molecule has 0 N–H and O–H groups in total. The van der Waals surface area contributed by atoms with Crippen LogP contribution in [0.5, 0.6) is 0 Å². The number of hydrogen-bond acceptors (Lipinski definition) is 0. The first-order valence-corrected chi connectivity index (χ1v) is 5.42. The van der Waals surface area contributed by atoms with Crippen molar-refractivity contribution >= 4 is 15.9 Å². The smallest absolute Gasteiger partial charge is 0.0182 e. The van der Waals surface area contributed by atoms with Gasteiger partial charge < -0.3 is 0 Å². The van der Waals surface area contributed by atoms with Crippen LogP contribution < -0.4 is 0 Å². The molecule has 5 atom stereocenters. The van der Waals surface area contributed by atoms with E-state index in [0.29, 0.717) is 0 Å². The van der Waals surface area contributed by atoms with Crippen LogP contribution in [0.4, 0.5) is 0 Å². The molecule has 0 aromatic rings. The van der Waals surface area contributed by atoms with E-state index in [2.05, 4.69) is 15.9 Å². The van der Waals surface area contributed by atoms with Crippen molar-refractivity contribution in [1.82, 2.24) is 0 Å². The Morgan fingerprint density at radius 2 is 1.90 bits per heavy atom. The summed E-state index contributed by atoms with van der Waals surface area (Å²) in [5.41, 5.74) is 0. The lowest BCUT2D eigenvalue weighted by Crippen LogP contribution is -2.17. The summed E-state index contributed by atoms with van der Waals surface area (Å²) in [7, 11) is 0. The number of hydrogen-bond donors (Lipinski definition) is 0. The van der Waals surface area contributed by atoms with E-state index in [9.17, 15) is 0 Å². The largest absolute Gasteiger partial charge is 0.0887 e. The van der Waals surface area contributed by atoms with Crippen molar-refractivity contribution in [1.29, 1.82) is 0 Å². The van der Waals surface area contributed by atoms with E-state index >= 15 is 0 Å². The number of alkyl halides is 1. The molecule has 0 aromatic heterocycles. The molecule has 10 heavy (non-hydrogen) atoms. The molecule has 0 spiro atoms. The van der Waals surface area contributed by atoms with Crippen LogP contribution in [0.15, 0.2) is 0 Å². The summed E-state index contributed by atoms with van der Waals surface area (Å²) >= 11 is 3.82. The van der Waals surface area contributed by atoms with E-state index < -0.39 is 0 Å². The molecule has 0 aromatic carbocycles. The first-order chi connectivity index (χ1) is 4.86. The van der Waals surface area contributed by atoms with Gasteiger partial charge in [0, 0.05) is 4.83 Å². The molecule has 0 saturated heterocycles. The number of halogens is 1. The zero-order valence-electron chi connectivity index (χ0n) is 6.09. The molecule has 3 aliphatic carbocycles. The van der Waals surface area contributed by atoms with Gasteiger partial charge >= 0.3 is 0 Å². The minimum absolute atomic E-state index is 0.906. The van der Waals surface area contributed by atoms with Gasteiger partial charge in [-0.25, -0.2) is 0 Å². The van der Waals surface area contributed by atoms with Crippen molar-refractivity contribution < 1.29 is 0 Å². The zero-order chi connectivity index (χ0) is 6.72. The predicted molar refractivity (Wildman–Crippen MR) is 45.1 cm³/mol. The monoisotopic (exact) mass is 200 g/mol. The lowest BCUT2D eigenvalue weighted by Gasteiger charge is -2.23. The Bertz CT molecular complexity index is 164. The van der Waals surface area contributed by atoms with Gasteiger partial charge in [-0.05, 0) is 49.4 Å². The molecule has 3 saturated carbocycles. The van der Waals surface area contributed by atoms with E-state index in [0.717, 1.165) is 28.5 Å². The SMILES string of the molecule is BrC1CC2CC3CCC2C13. The molecule has 1 heteroatoms. The van der Waals surface area contributed by atoms with Gasteiger partial charge in [0.2, 0.25) is 0 Å². The third-order valence-electron chi connectivity index (χ3n) is 4.07. The van der Waals surface area contributed by atoms with Gasteiger partial charge in [-0.3, -0.25) is 0 Å². The summed E-state index contributed by atoms with van der Waals surface area (Å²) in [5.74, 6) is 4.51. The maximum atomic E-state index is 3.82. The van der Waals surface area contributed by atoms with Gasteiger partial charge in [0.25, 0.3) is 0 Å². The molecule has 4 bridgehead atoms. The average molecular weight is 201 g/mol. The third-order valence-corrected chi connectivity index (χ3v) is 5.05. The van der Waals surface area contributed by atoms with Gasteiger partial charge in [0.15, 0.2) is 0 Å². The molecule has 5 unspecified atom stereocenters. The van der Waals surface area contributed by atoms with E-state index in [1.165, 1.54) is 6.42 Å². The minimum Gasteiger partial charge on any atom is -0.0887 e. The maximum Gasteiger partial charge on any atom is 0.0182 e. The second-order valence-electron chi connectivity index (χ2n) is 4.33. The molecular weight excluding hydrogens is 188 g/mol. The van der Waals surface area contributed by atoms with E-state index in [1.54, 1.807) is 19.3 Å². The Balaban J connectivity index is 1.99. The summed E-state index contributed by atoms with van der Waals surface area (Å²) in [6.07, 6.45) is 6.18. The molecule has 3 aliphatic rings. The second-order valence-corrected chi connectivity index (χ2v) is 5.50. The predicted octanol–water partition coefficient (Wildman–Crippen LogP) is 2.82. The maximum absolute atomic E-state index is 3.82. The fourth-order valence-electron chi connectivity index (χ4n) is 3.81. The Morgan fingerprint density at radius 1 is 1.00 bits per heavy atom. The molecule has 0 radical (unpaired) electrons. The van der Waals surface area contributed by atoms with Gasteiger partial charge in [0.1, 0.15) is 0 Å². The van der Waals surface area contributed by atoms with Crippen LogP contribution in [0.2, 0.25) is 0 Å². The fraction of sp³-hybridized carbons (Fsp3) is 1.00. The van der Waals surface area contributed by atoms with Crippen molar-refractivity contribution in [2.75, 3.05) is 0 Å². The van der Waals surface area contributed by atoms with Gasteiger partial charge in [-0.1, -0.05) is 15.9 Å². The van der Waals surface area contributed by atoms with Crippen molar-refractivity contribution in [2.24, 2.45) is 23.7 Å². The summed E-state index contributed by atoms with van der Waals surface area (Å²) in [5, 5.41) is 0. The Labute approximate surface area is 70.5 Å². The quantitative estimate of drug-likeness (QED) is 0.528. The standard InChI is InChI=1S/C9H13Br/c10-8-4-6-3-5-1-2-7(6)9(5)8/h5-9H,1-4H2. The highest BCUT2D eigenvalue weighted by atomic mass is 79.9. The first-order valence-electron chi connectivity index (χ1n) is 4.50. The van der Waals surface area contributed by atoms with Crippen LogP contribution >= 0.6 is 15.9 Å². The minimum atomic E-state index is 0.906. The second kappa shape index (κ2) is 1.80. The van der Waals surface area contributed by atoms with Crippen LogP contribution in [0, 0.1) is 23.7 Å². The van der Waals surface area contributed by atoms with E-state index in [1.807, 2.05) is 0 Å². The average Bonchev–Trinajstić information content (AvgIpc) is 2.49. The van der Waals surface area contributed by atoms with Crippen LogP contribution in [-0.4, -0.2) is 4.83 Å². The molecule has 56 valence electrons. The molecule has 0 nitrogen and oxygen atoms in total. The lowest BCUT2D eigenvalue weighted by molar-refractivity contribution is 0.321. The molecular formula is C9H13Br. The Hall–Kier alpha value is 0.480. The summed E-state index contributed by atoms with van der Waals surface area (Å²) in [4.78, 5) is 0.906. The zero-order valence-corrected chi connectivity index (χ0v) is 7.68. The fourth-order valence-corrected chi connectivity index (χ4v) is 5.11. The van der Waals surface area contributed by atoms with Crippen molar-refractivity contribution in [3.63, 3.8) is 0 Å². The summed E-state index contributed by atoms with van der Waals surface area (Å²) in [6, 6.07) is 0. The van der Waals surface area contributed by atoms with Crippen molar-refractivity contribution in [3.8, 4) is 0 Å². The normalized spacial score (nSPS) is 63.9. The van der Waals surface area contributed by atoms with Gasteiger partial charge in [0.05, 0.1) is 0 Å². The highest BCUT2D eigenvalue weighted by Gasteiger charge is 2.55. The molecule has 0 amide bonds. The van der Waals surface area contributed by atoms with Crippen molar-refractivity contribution in [2.45, 2.75) is 30.5 Å². The van der Waals surface area contributed by atoms with Crippen LogP contribution in [-0.2, 0) is 0 Å². The van der Waals surface area contributed by atoms with Crippen LogP contribution in [0.1, 0.15) is 25.7 Å². The van der Waals surface area contributed by atoms with Crippen molar-refractivity contribution in [3.05, 3.63) is 0 Å². The molecule has 0 heterocycles. The Morgan fingerprint density at radius 3 is 2.50 bits per heavy atom. The van der Waals surface area contributed by atoms with E-state index in [4.69, 9.17) is 0 Å². The molecule has 3 rings (SSSR count). The molecule has 0 aliphatic heterocycles. The third kappa shape index (κ3) is 0.546. The summed E-state index contributed by atoms with van der Waals surface area (Å²) < 4.78 is 0. The van der Waals surface area contributed by atoms with Gasteiger partial charge in [-0.2, -0.15) is 0 Å². The van der Waals surface area contributed by atoms with Crippen LogP contribution in [0.3, 0.4) is 0 Å². The topological polar surface area (TPSA) is 0 Å². The van der Waals surface area contributed by atoms with E-state index in [-0.39, 0.29) is 0 Å². The summed E-state index contributed by atoms with van der Waals surface area (Å²) in [6.45, 7) is 0. The van der Waals surface area contributed by atoms with Crippen LogP contribution in [0.25, 0.3) is 0 Å². The number of rotatable bonds is 0. The Kier molecular flexibility index (Phi) is 1.09. The highest BCUT2D eigenvalue weighted by Crippen LogP contribution is 2.62. The lowest BCUT2D eigenvalue weighted by atomic mass is 9.86.